The first-order chi connectivity index (χ1) is 12.5. The Morgan fingerprint density at radius 2 is 1.73 bits per heavy atom. The van der Waals surface area contributed by atoms with Crippen LogP contribution in [0.15, 0.2) is 48.5 Å². The van der Waals surface area contributed by atoms with E-state index in [1.807, 2.05) is 31.2 Å². The molecule has 5 nitrogen and oxygen atoms in total. The summed E-state index contributed by atoms with van der Waals surface area (Å²) < 4.78 is 5.40. The number of nitrogens with one attached hydrogen (secondary N) is 1. The molecule has 5 heteroatoms. The summed E-state index contributed by atoms with van der Waals surface area (Å²) in [6, 6.07) is 14.5. The summed E-state index contributed by atoms with van der Waals surface area (Å²) in [4.78, 5) is 26.3. The van der Waals surface area contributed by atoms with Crippen LogP contribution in [0.4, 0.5) is 11.4 Å². The molecule has 0 aromatic heterocycles. The number of nitrogens with zero attached hydrogens (tertiary/aromatic N) is 1. The normalized spacial score (nSPS) is 17.1. The van der Waals surface area contributed by atoms with Gasteiger partial charge >= 0.3 is 0 Å². The van der Waals surface area contributed by atoms with Crippen molar-refractivity contribution in [2.24, 2.45) is 0 Å². The van der Waals surface area contributed by atoms with E-state index in [0.29, 0.717) is 18.2 Å². The SMILES string of the molecule is CCOc1ccc(N2C(=O)CC(Nc3ccc(C(C)C)cc3)C2=O)cc1. The van der Waals surface area contributed by atoms with Gasteiger partial charge in [-0.25, -0.2) is 4.90 Å². The predicted molar refractivity (Wildman–Crippen MR) is 103 cm³/mol. The van der Waals surface area contributed by atoms with Crippen molar-refractivity contribution in [2.45, 2.75) is 39.2 Å². The molecule has 26 heavy (non-hydrogen) atoms. The monoisotopic (exact) mass is 352 g/mol. The summed E-state index contributed by atoms with van der Waals surface area (Å²) in [6.07, 6.45) is 0.151. The van der Waals surface area contributed by atoms with Gasteiger partial charge in [0.25, 0.3) is 5.91 Å². The average molecular weight is 352 g/mol. The number of ether oxygens (including phenoxy) is 1. The molecule has 1 saturated heterocycles. The van der Waals surface area contributed by atoms with Crippen LogP contribution in [-0.4, -0.2) is 24.5 Å². The Morgan fingerprint density at radius 1 is 1.08 bits per heavy atom. The molecule has 1 heterocycles. The molecule has 0 radical (unpaired) electrons. The molecule has 0 bridgehead atoms. The Morgan fingerprint density at radius 3 is 2.31 bits per heavy atom. The molecule has 1 aliphatic rings. The Kier molecular flexibility index (Phi) is 5.26. The molecule has 3 rings (SSSR count). The lowest BCUT2D eigenvalue weighted by atomic mass is 10.0. The van der Waals surface area contributed by atoms with E-state index in [1.54, 1.807) is 24.3 Å². The van der Waals surface area contributed by atoms with Gasteiger partial charge in [-0.3, -0.25) is 9.59 Å². The molecular formula is C21H24N2O3. The van der Waals surface area contributed by atoms with Crippen molar-refractivity contribution in [3.05, 3.63) is 54.1 Å². The van der Waals surface area contributed by atoms with Gasteiger partial charge in [-0.1, -0.05) is 26.0 Å². The minimum Gasteiger partial charge on any atom is -0.494 e. The zero-order valence-corrected chi connectivity index (χ0v) is 15.4. The average Bonchev–Trinajstić information content (AvgIpc) is 2.90. The summed E-state index contributed by atoms with van der Waals surface area (Å²) in [5.41, 5.74) is 2.65. The molecule has 1 fully saturated rings. The van der Waals surface area contributed by atoms with Crippen LogP contribution >= 0.6 is 0 Å². The van der Waals surface area contributed by atoms with Gasteiger partial charge in [0.15, 0.2) is 0 Å². The Hall–Kier alpha value is -2.82. The number of rotatable bonds is 6. The highest BCUT2D eigenvalue weighted by atomic mass is 16.5. The molecule has 136 valence electrons. The van der Waals surface area contributed by atoms with E-state index in [-0.39, 0.29) is 18.2 Å². The first kappa shape index (κ1) is 18.0. The maximum absolute atomic E-state index is 12.7. The molecule has 0 spiro atoms. The lowest BCUT2D eigenvalue weighted by Crippen LogP contribution is -2.34. The lowest BCUT2D eigenvalue weighted by Gasteiger charge is -2.17. The fraction of sp³-hybridized carbons (Fsp3) is 0.333. The number of amides is 2. The van der Waals surface area contributed by atoms with E-state index in [0.717, 1.165) is 11.4 Å². The van der Waals surface area contributed by atoms with Crippen molar-refractivity contribution >= 4 is 23.2 Å². The van der Waals surface area contributed by atoms with Gasteiger partial charge in [0.1, 0.15) is 11.8 Å². The van der Waals surface area contributed by atoms with Gasteiger partial charge < -0.3 is 10.1 Å². The van der Waals surface area contributed by atoms with Crippen molar-refractivity contribution in [1.82, 2.24) is 0 Å². The summed E-state index contributed by atoms with van der Waals surface area (Å²) in [5.74, 6) is 0.742. The van der Waals surface area contributed by atoms with Crippen LogP contribution in [0.25, 0.3) is 0 Å². The minimum absolute atomic E-state index is 0.151. The Balaban J connectivity index is 1.72. The second kappa shape index (κ2) is 7.60. The van der Waals surface area contributed by atoms with E-state index in [2.05, 4.69) is 19.2 Å². The van der Waals surface area contributed by atoms with Crippen LogP contribution in [0.5, 0.6) is 5.75 Å². The zero-order valence-electron chi connectivity index (χ0n) is 15.4. The molecule has 2 aromatic carbocycles. The molecule has 2 aromatic rings. The molecule has 1 atom stereocenters. The maximum Gasteiger partial charge on any atom is 0.256 e. The van der Waals surface area contributed by atoms with Gasteiger partial charge in [-0.2, -0.15) is 0 Å². The Bertz CT molecular complexity index is 782. The third-order valence-corrected chi connectivity index (χ3v) is 4.47. The summed E-state index contributed by atoms with van der Waals surface area (Å²) >= 11 is 0. The van der Waals surface area contributed by atoms with E-state index in [1.165, 1.54) is 10.5 Å². The molecule has 1 N–H and O–H groups in total. The van der Waals surface area contributed by atoms with Gasteiger partial charge in [-0.05, 0) is 54.8 Å². The number of hydrogen-bond donors (Lipinski definition) is 1. The van der Waals surface area contributed by atoms with Gasteiger partial charge in [-0.15, -0.1) is 0 Å². The quantitative estimate of drug-likeness (QED) is 0.800. The van der Waals surface area contributed by atoms with Crippen LogP contribution < -0.4 is 15.0 Å². The van der Waals surface area contributed by atoms with E-state index in [4.69, 9.17) is 4.74 Å². The highest BCUT2D eigenvalue weighted by Gasteiger charge is 2.39. The summed E-state index contributed by atoms with van der Waals surface area (Å²) in [5, 5.41) is 3.18. The molecule has 1 unspecified atom stereocenters. The van der Waals surface area contributed by atoms with Crippen LogP contribution in [0.3, 0.4) is 0 Å². The number of benzene rings is 2. The molecular weight excluding hydrogens is 328 g/mol. The summed E-state index contributed by atoms with van der Waals surface area (Å²) in [7, 11) is 0. The van der Waals surface area contributed by atoms with E-state index < -0.39 is 6.04 Å². The minimum atomic E-state index is -0.543. The first-order valence-electron chi connectivity index (χ1n) is 8.95. The van der Waals surface area contributed by atoms with Gasteiger partial charge in [0, 0.05) is 5.69 Å². The van der Waals surface area contributed by atoms with Crippen molar-refractivity contribution < 1.29 is 14.3 Å². The van der Waals surface area contributed by atoms with Crippen molar-refractivity contribution in [3.63, 3.8) is 0 Å². The van der Waals surface area contributed by atoms with Crippen molar-refractivity contribution in [3.8, 4) is 5.75 Å². The largest absolute Gasteiger partial charge is 0.494 e. The smallest absolute Gasteiger partial charge is 0.256 e. The number of anilines is 2. The van der Waals surface area contributed by atoms with Gasteiger partial charge in [0.2, 0.25) is 5.91 Å². The Labute approximate surface area is 154 Å². The van der Waals surface area contributed by atoms with Crippen LogP contribution in [0.1, 0.15) is 38.7 Å². The molecule has 1 aliphatic heterocycles. The maximum atomic E-state index is 12.7. The highest BCUT2D eigenvalue weighted by molar-refractivity contribution is 6.23. The fourth-order valence-electron chi connectivity index (χ4n) is 3.04. The second-order valence-electron chi connectivity index (χ2n) is 6.67. The van der Waals surface area contributed by atoms with Crippen molar-refractivity contribution in [1.29, 1.82) is 0 Å². The van der Waals surface area contributed by atoms with Crippen LogP contribution in [0, 0.1) is 0 Å². The third kappa shape index (κ3) is 3.72. The number of carbonyl (C=O) groups excluding carboxylic acids is 2. The molecule has 0 saturated carbocycles. The highest BCUT2D eigenvalue weighted by Crippen LogP contribution is 2.27. The lowest BCUT2D eigenvalue weighted by molar-refractivity contribution is -0.121. The number of carbonyl (C=O) groups is 2. The van der Waals surface area contributed by atoms with Gasteiger partial charge in [0.05, 0.1) is 18.7 Å². The molecule has 0 aliphatic carbocycles. The predicted octanol–water partition coefficient (Wildman–Crippen LogP) is 3.95. The third-order valence-electron chi connectivity index (χ3n) is 4.47. The second-order valence-corrected chi connectivity index (χ2v) is 6.67. The van der Waals surface area contributed by atoms with E-state index in [9.17, 15) is 9.59 Å². The van der Waals surface area contributed by atoms with E-state index >= 15 is 0 Å². The van der Waals surface area contributed by atoms with Crippen LogP contribution in [-0.2, 0) is 9.59 Å². The fourth-order valence-corrected chi connectivity index (χ4v) is 3.04. The van der Waals surface area contributed by atoms with Crippen molar-refractivity contribution in [2.75, 3.05) is 16.8 Å². The topological polar surface area (TPSA) is 58.6 Å². The number of hydrogen-bond acceptors (Lipinski definition) is 4. The number of imide groups is 1. The summed E-state index contributed by atoms with van der Waals surface area (Å²) in [6.45, 7) is 6.75. The van der Waals surface area contributed by atoms with Crippen LogP contribution in [0.2, 0.25) is 0 Å². The standard InChI is InChI=1S/C21H24N2O3/c1-4-26-18-11-9-17(10-12-18)23-20(24)13-19(21(23)25)22-16-7-5-15(6-8-16)14(2)3/h5-12,14,19,22H,4,13H2,1-3H3. The first-order valence-corrected chi connectivity index (χ1v) is 8.95. The molecule has 2 amide bonds. The zero-order chi connectivity index (χ0) is 18.7.